The molecule has 4 nitrogen and oxygen atoms in total. The van der Waals surface area contributed by atoms with E-state index in [-0.39, 0.29) is 5.15 Å². The molecule has 0 saturated heterocycles. The van der Waals surface area contributed by atoms with Crippen LogP contribution in [0.3, 0.4) is 0 Å². The summed E-state index contributed by atoms with van der Waals surface area (Å²) in [4.78, 5) is 7.86. The summed E-state index contributed by atoms with van der Waals surface area (Å²) in [6.07, 6.45) is 1.37. The lowest BCUT2D eigenvalue weighted by molar-refractivity contribution is 1.17. The first kappa shape index (κ1) is 12.1. The summed E-state index contributed by atoms with van der Waals surface area (Å²) >= 11 is 9.24. The molecule has 0 saturated carbocycles. The molecule has 0 amide bonds. The van der Waals surface area contributed by atoms with E-state index >= 15 is 0 Å². The van der Waals surface area contributed by atoms with E-state index in [9.17, 15) is 0 Å². The minimum Gasteiger partial charge on any atom is -0.393 e. The minimum absolute atomic E-state index is 0.246. The van der Waals surface area contributed by atoms with Gasteiger partial charge in [-0.1, -0.05) is 33.6 Å². The molecule has 0 aliphatic heterocycles. The number of nitrogen functional groups attached to an aromatic ring is 1. The standard InChI is InChI=1S/C11H10BrClN4/c1-6-2-3-7(12)4-8(6)17-11-9(14)10(13)15-5-16-11/h2-5H,14H2,1H3,(H,15,16,17). The van der Waals surface area contributed by atoms with Crippen LogP contribution in [0, 0.1) is 6.92 Å². The van der Waals surface area contributed by atoms with Gasteiger partial charge < -0.3 is 11.1 Å². The fraction of sp³-hybridized carbons (Fsp3) is 0.0909. The highest BCUT2D eigenvalue weighted by Gasteiger charge is 2.07. The Hall–Kier alpha value is -1.33. The van der Waals surface area contributed by atoms with E-state index in [0.717, 1.165) is 15.7 Å². The van der Waals surface area contributed by atoms with Gasteiger partial charge in [0, 0.05) is 10.2 Å². The first-order chi connectivity index (χ1) is 8.08. The quantitative estimate of drug-likeness (QED) is 0.833. The van der Waals surface area contributed by atoms with Gasteiger partial charge in [0.15, 0.2) is 11.0 Å². The number of nitrogens with zero attached hydrogens (tertiary/aromatic N) is 2. The highest BCUT2D eigenvalue weighted by molar-refractivity contribution is 9.10. The summed E-state index contributed by atoms with van der Waals surface area (Å²) in [5, 5.41) is 3.38. The molecular formula is C11H10BrClN4. The lowest BCUT2D eigenvalue weighted by Gasteiger charge is -2.11. The van der Waals surface area contributed by atoms with Crippen molar-refractivity contribution >= 4 is 44.7 Å². The molecule has 17 heavy (non-hydrogen) atoms. The maximum absolute atomic E-state index is 5.83. The second kappa shape index (κ2) is 4.89. The monoisotopic (exact) mass is 312 g/mol. The molecule has 2 rings (SSSR count). The Kier molecular flexibility index (Phi) is 3.49. The Bertz CT molecular complexity index is 559. The van der Waals surface area contributed by atoms with Gasteiger partial charge in [0.25, 0.3) is 0 Å². The number of nitrogens with two attached hydrogens (primary N) is 1. The third-order valence-corrected chi connectivity index (χ3v) is 3.08. The van der Waals surface area contributed by atoms with Gasteiger partial charge in [0.2, 0.25) is 0 Å². The first-order valence-corrected chi connectivity index (χ1v) is 6.04. The average Bonchev–Trinajstić information content (AvgIpc) is 2.30. The molecule has 0 aliphatic rings. The zero-order valence-electron chi connectivity index (χ0n) is 9.04. The molecule has 0 radical (unpaired) electrons. The van der Waals surface area contributed by atoms with Crippen LogP contribution in [0.5, 0.6) is 0 Å². The van der Waals surface area contributed by atoms with Crippen LogP contribution in [0.2, 0.25) is 5.15 Å². The van der Waals surface area contributed by atoms with Crippen LogP contribution in [0.15, 0.2) is 29.0 Å². The Morgan fingerprint density at radius 2 is 2.12 bits per heavy atom. The van der Waals surface area contributed by atoms with Crippen LogP contribution < -0.4 is 11.1 Å². The van der Waals surface area contributed by atoms with Crippen LogP contribution in [0.25, 0.3) is 0 Å². The van der Waals surface area contributed by atoms with E-state index < -0.39 is 0 Å². The molecule has 0 bridgehead atoms. The molecule has 0 spiro atoms. The molecule has 1 aromatic heterocycles. The number of aromatic nitrogens is 2. The molecular weight excluding hydrogens is 304 g/mol. The molecule has 3 N–H and O–H groups in total. The number of rotatable bonds is 2. The third kappa shape index (κ3) is 2.68. The summed E-state index contributed by atoms with van der Waals surface area (Å²) in [5.41, 5.74) is 8.13. The van der Waals surface area contributed by atoms with Crippen molar-refractivity contribution in [2.24, 2.45) is 0 Å². The average molecular weight is 314 g/mol. The maximum Gasteiger partial charge on any atom is 0.158 e. The highest BCUT2D eigenvalue weighted by Crippen LogP contribution is 2.28. The molecule has 0 aliphatic carbocycles. The molecule has 0 fully saturated rings. The fourth-order valence-electron chi connectivity index (χ4n) is 1.33. The summed E-state index contributed by atoms with van der Waals surface area (Å²) in [5.74, 6) is 0.506. The van der Waals surface area contributed by atoms with Gasteiger partial charge in [-0.25, -0.2) is 9.97 Å². The number of hydrogen-bond acceptors (Lipinski definition) is 4. The van der Waals surface area contributed by atoms with Crippen LogP contribution in [0.4, 0.5) is 17.2 Å². The molecule has 1 heterocycles. The van der Waals surface area contributed by atoms with Crippen molar-refractivity contribution in [3.8, 4) is 0 Å². The second-order valence-corrected chi connectivity index (χ2v) is 4.78. The lowest BCUT2D eigenvalue weighted by atomic mass is 10.2. The summed E-state index contributed by atoms with van der Waals surface area (Å²) in [6.45, 7) is 1.99. The van der Waals surface area contributed by atoms with E-state index in [1.54, 1.807) is 0 Å². The van der Waals surface area contributed by atoms with Crippen molar-refractivity contribution in [1.82, 2.24) is 9.97 Å². The predicted octanol–water partition coefficient (Wildman–Crippen LogP) is 3.53. The largest absolute Gasteiger partial charge is 0.393 e. The Balaban J connectivity index is 2.38. The van der Waals surface area contributed by atoms with Crippen LogP contribution in [-0.2, 0) is 0 Å². The Labute approximate surface area is 112 Å². The van der Waals surface area contributed by atoms with Gasteiger partial charge in [-0.2, -0.15) is 0 Å². The summed E-state index contributed by atoms with van der Waals surface area (Å²) in [6, 6.07) is 5.91. The van der Waals surface area contributed by atoms with Crippen LogP contribution >= 0.6 is 27.5 Å². The van der Waals surface area contributed by atoms with Crippen molar-refractivity contribution in [2.45, 2.75) is 6.92 Å². The Morgan fingerprint density at radius 3 is 2.88 bits per heavy atom. The van der Waals surface area contributed by atoms with Crippen molar-refractivity contribution in [2.75, 3.05) is 11.1 Å². The SMILES string of the molecule is Cc1ccc(Br)cc1Nc1ncnc(Cl)c1N. The van der Waals surface area contributed by atoms with E-state index in [4.69, 9.17) is 17.3 Å². The van der Waals surface area contributed by atoms with Crippen LogP contribution in [0.1, 0.15) is 5.56 Å². The topological polar surface area (TPSA) is 63.8 Å². The number of halogens is 2. The Morgan fingerprint density at radius 1 is 1.35 bits per heavy atom. The normalized spacial score (nSPS) is 10.3. The minimum atomic E-state index is 0.246. The summed E-state index contributed by atoms with van der Waals surface area (Å²) < 4.78 is 0.976. The van der Waals surface area contributed by atoms with Crippen molar-refractivity contribution in [3.63, 3.8) is 0 Å². The second-order valence-electron chi connectivity index (χ2n) is 3.51. The van der Waals surface area contributed by atoms with Gasteiger partial charge in [0.1, 0.15) is 12.0 Å². The number of benzene rings is 1. The number of nitrogens with one attached hydrogen (secondary N) is 1. The van der Waals surface area contributed by atoms with Gasteiger partial charge >= 0.3 is 0 Å². The maximum atomic E-state index is 5.83. The van der Waals surface area contributed by atoms with E-state index in [0.29, 0.717) is 11.5 Å². The van der Waals surface area contributed by atoms with Gasteiger partial charge in [-0.15, -0.1) is 0 Å². The molecule has 88 valence electrons. The molecule has 6 heteroatoms. The van der Waals surface area contributed by atoms with Crippen molar-refractivity contribution in [1.29, 1.82) is 0 Å². The van der Waals surface area contributed by atoms with E-state index in [1.807, 2.05) is 25.1 Å². The smallest absolute Gasteiger partial charge is 0.158 e. The fourth-order valence-corrected chi connectivity index (χ4v) is 1.82. The molecule has 0 atom stereocenters. The molecule has 1 aromatic carbocycles. The molecule has 2 aromatic rings. The van der Waals surface area contributed by atoms with E-state index in [2.05, 4.69) is 31.2 Å². The summed E-state index contributed by atoms with van der Waals surface area (Å²) in [7, 11) is 0. The van der Waals surface area contributed by atoms with Crippen molar-refractivity contribution < 1.29 is 0 Å². The number of aryl methyl sites for hydroxylation is 1. The van der Waals surface area contributed by atoms with Crippen molar-refractivity contribution in [3.05, 3.63) is 39.7 Å². The zero-order chi connectivity index (χ0) is 12.4. The van der Waals surface area contributed by atoms with Gasteiger partial charge in [-0.3, -0.25) is 0 Å². The van der Waals surface area contributed by atoms with Gasteiger partial charge in [-0.05, 0) is 24.6 Å². The van der Waals surface area contributed by atoms with Crippen LogP contribution in [-0.4, -0.2) is 9.97 Å². The number of hydrogen-bond donors (Lipinski definition) is 2. The predicted molar refractivity (Wildman–Crippen MR) is 73.6 cm³/mol. The van der Waals surface area contributed by atoms with E-state index in [1.165, 1.54) is 6.33 Å². The first-order valence-electron chi connectivity index (χ1n) is 4.87. The number of anilines is 3. The van der Waals surface area contributed by atoms with Gasteiger partial charge in [0.05, 0.1) is 0 Å². The third-order valence-electron chi connectivity index (χ3n) is 2.29. The zero-order valence-corrected chi connectivity index (χ0v) is 11.4. The highest BCUT2D eigenvalue weighted by atomic mass is 79.9. The molecule has 0 unspecified atom stereocenters. The lowest BCUT2D eigenvalue weighted by Crippen LogP contribution is -2.02.